The lowest BCUT2D eigenvalue weighted by Gasteiger charge is -2.07. The van der Waals surface area contributed by atoms with E-state index >= 15 is 0 Å². The smallest absolute Gasteiger partial charge is 0.275 e. The number of rotatable bonds is 4. The van der Waals surface area contributed by atoms with Crippen molar-refractivity contribution in [3.8, 4) is 11.5 Å². The molecule has 0 radical (unpaired) electrons. The van der Waals surface area contributed by atoms with Crippen LogP contribution < -0.4 is 14.8 Å². The first-order chi connectivity index (χ1) is 11.2. The Morgan fingerprint density at radius 1 is 1.00 bits per heavy atom. The number of nitrogens with zero attached hydrogens (tertiary/aromatic N) is 1. The van der Waals surface area contributed by atoms with Gasteiger partial charge in [-0.2, -0.15) is 0 Å². The van der Waals surface area contributed by atoms with Crippen LogP contribution in [0.3, 0.4) is 0 Å². The van der Waals surface area contributed by atoms with E-state index < -0.39 is 0 Å². The number of amides is 1. The zero-order chi connectivity index (χ0) is 16.2. The number of methoxy groups -OCH3 is 2. The van der Waals surface area contributed by atoms with Crippen LogP contribution in [-0.4, -0.2) is 26.0 Å². The van der Waals surface area contributed by atoms with E-state index in [0.29, 0.717) is 23.0 Å². The third-order valence-electron chi connectivity index (χ3n) is 3.46. The van der Waals surface area contributed by atoms with Crippen molar-refractivity contribution in [2.24, 2.45) is 4.99 Å². The zero-order valence-corrected chi connectivity index (χ0v) is 12.9. The number of nitrogens with one attached hydrogen (secondary N) is 1. The average Bonchev–Trinajstić information content (AvgIpc) is 2.96. The molecule has 0 aliphatic carbocycles. The Morgan fingerprint density at radius 3 is 2.43 bits per heavy atom. The van der Waals surface area contributed by atoms with Gasteiger partial charge in [-0.15, -0.1) is 0 Å². The fraction of sp³-hybridized carbons (Fsp3) is 0.111. The van der Waals surface area contributed by atoms with Crippen molar-refractivity contribution in [2.45, 2.75) is 0 Å². The van der Waals surface area contributed by atoms with E-state index in [4.69, 9.17) is 9.47 Å². The van der Waals surface area contributed by atoms with Crippen molar-refractivity contribution in [1.29, 1.82) is 0 Å². The molecule has 1 N–H and O–H groups in total. The van der Waals surface area contributed by atoms with E-state index in [9.17, 15) is 4.79 Å². The maximum atomic E-state index is 12.1. The van der Waals surface area contributed by atoms with Gasteiger partial charge < -0.3 is 14.8 Å². The molecule has 5 nitrogen and oxygen atoms in total. The summed E-state index contributed by atoms with van der Waals surface area (Å²) in [6.45, 7) is 0. The number of hydrogen-bond donors (Lipinski definition) is 1. The van der Waals surface area contributed by atoms with Crippen molar-refractivity contribution in [1.82, 2.24) is 5.32 Å². The van der Waals surface area contributed by atoms with Gasteiger partial charge in [0.1, 0.15) is 11.5 Å². The second-order valence-corrected chi connectivity index (χ2v) is 4.92. The number of ether oxygens (including phenoxy) is 2. The Kier molecular flexibility index (Phi) is 4.10. The molecule has 5 heteroatoms. The third-order valence-corrected chi connectivity index (χ3v) is 3.46. The Balaban J connectivity index is 1.93. The number of benzene rings is 2. The summed E-state index contributed by atoms with van der Waals surface area (Å²) in [5.41, 5.74) is 2.04. The maximum absolute atomic E-state index is 12.1. The summed E-state index contributed by atoms with van der Waals surface area (Å²) in [5, 5.41) is 2.78. The van der Waals surface area contributed by atoms with Crippen LogP contribution >= 0.6 is 0 Å². The van der Waals surface area contributed by atoms with E-state index in [1.54, 1.807) is 32.4 Å². The molecular weight excluding hydrogens is 292 g/mol. The van der Waals surface area contributed by atoms with E-state index in [0.717, 1.165) is 11.1 Å². The monoisotopic (exact) mass is 308 g/mol. The lowest BCUT2D eigenvalue weighted by atomic mass is 10.1. The molecule has 0 atom stereocenters. The fourth-order valence-corrected chi connectivity index (χ4v) is 2.30. The van der Waals surface area contributed by atoms with E-state index in [1.807, 2.05) is 36.4 Å². The minimum Gasteiger partial charge on any atom is -0.493 e. The van der Waals surface area contributed by atoms with Gasteiger partial charge in [-0.3, -0.25) is 4.79 Å². The van der Waals surface area contributed by atoms with Crippen molar-refractivity contribution in [3.05, 3.63) is 65.4 Å². The van der Waals surface area contributed by atoms with Crippen LogP contribution in [0.25, 0.3) is 6.08 Å². The minimum atomic E-state index is -0.223. The molecule has 1 amide bonds. The van der Waals surface area contributed by atoms with Gasteiger partial charge in [-0.25, -0.2) is 4.99 Å². The van der Waals surface area contributed by atoms with E-state index in [1.165, 1.54) is 0 Å². The Labute approximate surface area is 134 Å². The zero-order valence-electron chi connectivity index (χ0n) is 12.9. The van der Waals surface area contributed by atoms with Crippen LogP contribution in [0, 0.1) is 0 Å². The predicted molar refractivity (Wildman–Crippen MR) is 88.6 cm³/mol. The molecule has 1 heterocycles. The first-order valence-electron chi connectivity index (χ1n) is 7.10. The van der Waals surface area contributed by atoms with Gasteiger partial charge in [0, 0.05) is 5.56 Å². The number of carbonyl (C=O) groups excluding carboxylic acids is 1. The summed E-state index contributed by atoms with van der Waals surface area (Å²) in [5.74, 6) is 1.58. The SMILES string of the molecule is COc1ccc(/C=C2/N=C(c3ccccc3)NC2=O)cc1OC. The second-order valence-electron chi connectivity index (χ2n) is 4.92. The number of carbonyl (C=O) groups is 1. The van der Waals surface area contributed by atoms with Gasteiger partial charge in [-0.05, 0) is 23.8 Å². The molecule has 0 unspecified atom stereocenters. The quantitative estimate of drug-likeness (QED) is 0.883. The normalized spacial score (nSPS) is 15.3. The molecule has 0 bridgehead atoms. The summed E-state index contributed by atoms with van der Waals surface area (Å²) in [6.07, 6.45) is 1.72. The molecule has 2 aromatic carbocycles. The van der Waals surface area contributed by atoms with Crippen LogP contribution in [-0.2, 0) is 4.79 Å². The molecule has 0 saturated heterocycles. The van der Waals surface area contributed by atoms with Crippen molar-refractivity contribution in [2.75, 3.05) is 14.2 Å². The first kappa shape index (κ1) is 14.8. The maximum Gasteiger partial charge on any atom is 0.275 e. The van der Waals surface area contributed by atoms with Crippen LogP contribution in [0.15, 0.2) is 59.2 Å². The van der Waals surface area contributed by atoms with Crippen LogP contribution in [0.5, 0.6) is 11.5 Å². The molecule has 23 heavy (non-hydrogen) atoms. The lowest BCUT2D eigenvalue weighted by molar-refractivity contribution is -0.115. The molecule has 0 aromatic heterocycles. The largest absolute Gasteiger partial charge is 0.493 e. The van der Waals surface area contributed by atoms with E-state index in [2.05, 4.69) is 10.3 Å². The molecule has 116 valence electrons. The van der Waals surface area contributed by atoms with Crippen molar-refractivity contribution in [3.63, 3.8) is 0 Å². The number of amidine groups is 1. The summed E-state index contributed by atoms with van der Waals surface area (Å²) < 4.78 is 10.5. The molecule has 1 aliphatic heterocycles. The molecule has 0 fully saturated rings. The lowest BCUT2D eigenvalue weighted by Crippen LogP contribution is -2.24. The summed E-state index contributed by atoms with van der Waals surface area (Å²) in [4.78, 5) is 16.5. The fourth-order valence-electron chi connectivity index (χ4n) is 2.30. The van der Waals surface area contributed by atoms with Gasteiger partial charge in [0.25, 0.3) is 5.91 Å². The van der Waals surface area contributed by atoms with Crippen LogP contribution in [0.2, 0.25) is 0 Å². The van der Waals surface area contributed by atoms with E-state index in [-0.39, 0.29) is 5.91 Å². The molecule has 0 spiro atoms. The summed E-state index contributed by atoms with van der Waals surface area (Å²) >= 11 is 0. The predicted octanol–water partition coefficient (Wildman–Crippen LogP) is 2.62. The highest BCUT2D eigenvalue weighted by atomic mass is 16.5. The number of aliphatic imine (C=N–C) groups is 1. The highest BCUT2D eigenvalue weighted by Crippen LogP contribution is 2.28. The standard InChI is InChI=1S/C18H16N2O3/c1-22-15-9-8-12(11-16(15)23-2)10-14-18(21)20-17(19-14)13-6-4-3-5-7-13/h3-11H,1-2H3,(H,19,20,21)/b14-10+. The molecule has 2 aromatic rings. The first-order valence-corrected chi connectivity index (χ1v) is 7.10. The highest BCUT2D eigenvalue weighted by molar-refractivity contribution is 6.19. The van der Waals surface area contributed by atoms with Crippen molar-refractivity contribution >= 4 is 17.8 Å². The van der Waals surface area contributed by atoms with Gasteiger partial charge in [-0.1, -0.05) is 36.4 Å². The van der Waals surface area contributed by atoms with Gasteiger partial charge in [0.2, 0.25) is 0 Å². The van der Waals surface area contributed by atoms with Crippen LogP contribution in [0.1, 0.15) is 11.1 Å². The Hall–Kier alpha value is -3.08. The van der Waals surface area contributed by atoms with Gasteiger partial charge in [0.15, 0.2) is 11.5 Å². The molecular formula is C18H16N2O3. The highest BCUT2D eigenvalue weighted by Gasteiger charge is 2.21. The average molecular weight is 308 g/mol. The summed E-state index contributed by atoms with van der Waals surface area (Å²) in [7, 11) is 3.15. The second kappa shape index (κ2) is 6.36. The third kappa shape index (κ3) is 3.08. The minimum absolute atomic E-state index is 0.223. The van der Waals surface area contributed by atoms with Gasteiger partial charge in [0.05, 0.1) is 14.2 Å². The molecule has 0 saturated carbocycles. The number of hydrogen-bond acceptors (Lipinski definition) is 4. The van der Waals surface area contributed by atoms with Crippen molar-refractivity contribution < 1.29 is 14.3 Å². The molecule has 3 rings (SSSR count). The Morgan fingerprint density at radius 2 is 1.74 bits per heavy atom. The molecule has 1 aliphatic rings. The summed E-state index contributed by atoms with van der Waals surface area (Å²) in [6, 6.07) is 15.0. The van der Waals surface area contributed by atoms with Gasteiger partial charge >= 0.3 is 0 Å². The topological polar surface area (TPSA) is 59.9 Å². The Bertz CT molecular complexity index is 795. The van der Waals surface area contributed by atoms with Crippen LogP contribution in [0.4, 0.5) is 0 Å².